The van der Waals surface area contributed by atoms with Crippen molar-refractivity contribution in [2.45, 2.75) is 39.2 Å². The highest BCUT2D eigenvalue weighted by molar-refractivity contribution is 5.14. The third-order valence-corrected chi connectivity index (χ3v) is 2.88. The van der Waals surface area contributed by atoms with Crippen molar-refractivity contribution in [2.24, 2.45) is 11.7 Å². The third kappa shape index (κ3) is 3.11. The van der Waals surface area contributed by atoms with Crippen LogP contribution in [0.1, 0.15) is 44.7 Å². The van der Waals surface area contributed by atoms with E-state index in [0.29, 0.717) is 0 Å². The molecule has 0 unspecified atom stereocenters. The van der Waals surface area contributed by atoms with Crippen LogP contribution in [-0.2, 0) is 0 Å². The average Bonchev–Trinajstić information content (AvgIpc) is 2.26. The van der Waals surface area contributed by atoms with E-state index in [0.717, 1.165) is 12.3 Å². The lowest BCUT2D eigenvalue weighted by Crippen LogP contribution is -2.14. The van der Waals surface area contributed by atoms with Crippen LogP contribution in [0.4, 0.5) is 0 Å². The second kappa shape index (κ2) is 5.76. The van der Waals surface area contributed by atoms with Crippen LogP contribution in [-0.4, -0.2) is 4.98 Å². The molecule has 0 fully saturated rings. The Morgan fingerprint density at radius 2 is 1.79 bits per heavy atom. The van der Waals surface area contributed by atoms with Gasteiger partial charge in [0.1, 0.15) is 0 Å². The zero-order valence-corrected chi connectivity index (χ0v) is 9.11. The van der Waals surface area contributed by atoms with Crippen LogP contribution in [0, 0.1) is 5.92 Å². The zero-order chi connectivity index (χ0) is 10.4. The lowest BCUT2D eigenvalue weighted by atomic mass is 9.92. The van der Waals surface area contributed by atoms with Crippen molar-refractivity contribution in [3.05, 3.63) is 30.1 Å². The molecule has 0 spiro atoms. The zero-order valence-electron chi connectivity index (χ0n) is 9.11. The molecule has 1 rings (SSSR count). The Hall–Kier alpha value is -0.890. The van der Waals surface area contributed by atoms with Crippen molar-refractivity contribution in [3.63, 3.8) is 0 Å². The molecule has 0 aliphatic rings. The molecule has 2 heteroatoms. The molecule has 2 nitrogen and oxygen atoms in total. The summed E-state index contributed by atoms with van der Waals surface area (Å²) < 4.78 is 0. The molecule has 0 aliphatic carbocycles. The van der Waals surface area contributed by atoms with Crippen molar-refractivity contribution < 1.29 is 0 Å². The molecule has 14 heavy (non-hydrogen) atoms. The van der Waals surface area contributed by atoms with Crippen molar-refractivity contribution in [3.8, 4) is 0 Å². The second-order valence-electron chi connectivity index (χ2n) is 3.81. The fourth-order valence-corrected chi connectivity index (χ4v) is 1.73. The fourth-order valence-electron chi connectivity index (χ4n) is 1.73. The maximum atomic E-state index is 6.12. The average molecular weight is 192 g/mol. The van der Waals surface area contributed by atoms with Gasteiger partial charge < -0.3 is 5.73 Å². The molecular weight excluding hydrogens is 172 g/mol. The molecule has 1 aromatic rings. The third-order valence-electron chi connectivity index (χ3n) is 2.88. The second-order valence-corrected chi connectivity index (χ2v) is 3.81. The van der Waals surface area contributed by atoms with E-state index in [9.17, 15) is 0 Å². The summed E-state index contributed by atoms with van der Waals surface area (Å²) in [7, 11) is 0. The summed E-state index contributed by atoms with van der Waals surface area (Å²) in [5.74, 6) is 0.748. The van der Waals surface area contributed by atoms with Gasteiger partial charge in [-0.3, -0.25) is 4.98 Å². The Bertz CT molecular complexity index is 242. The van der Waals surface area contributed by atoms with E-state index in [1.807, 2.05) is 24.5 Å². The van der Waals surface area contributed by atoms with E-state index in [1.54, 1.807) is 0 Å². The summed E-state index contributed by atoms with van der Waals surface area (Å²) in [6.07, 6.45) is 7.13. The minimum Gasteiger partial charge on any atom is -0.324 e. The predicted molar refractivity (Wildman–Crippen MR) is 59.9 cm³/mol. The normalized spacial score (nSPS) is 13.1. The van der Waals surface area contributed by atoms with Crippen molar-refractivity contribution >= 4 is 0 Å². The van der Waals surface area contributed by atoms with Crippen LogP contribution < -0.4 is 5.73 Å². The molecule has 78 valence electrons. The summed E-state index contributed by atoms with van der Waals surface area (Å²) in [5, 5.41) is 0. The smallest absolute Gasteiger partial charge is 0.0298 e. The van der Waals surface area contributed by atoms with Gasteiger partial charge in [0.05, 0.1) is 0 Å². The van der Waals surface area contributed by atoms with Gasteiger partial charge in [0, 0.05) is 18.4 Å². The first-order valence-electron chi connectivity index (χ1n) is 5.43. The van der Waals surface area contributed by atoms with Crippen LogP contribution in [0.25, 0.3) is 0 Å². The molecule has 0 amide bonds. The number of nitrogens with zero attached hydrogens (tertiary/aromatic N) is 1. The van der Waals surface area contributed by atoms with Gasteiger partial charge in [-0.15, -0.1) is 0 Å². The lowest BCUT2D eigenvalue weighted by Gasteiger charge is -2.18. The number of hydrogen-bond donors (Lipinski definition) is 1. The van der Waals surface area contributed by atoms with Crippen molar-refractivity contribution in [1.82, 2.24) is 4.98 Å². The molecule has 1 aromatic heterocycles. The molecule has 0 bridgehead atoms. The largest absolute Gasteiger partial charge is 0.324 e. The first-order valence-corrected chi connectivity index (χ1v) is 5.43. The molecular formula is C12H20N2. The van der Waals surface area contributed by atoms with E-state index >= 15 is 0 Å². The summed E-state index contributed by atoms with van der Waals surface area (Å²) >= 11 is 0. The minimum atomic E-state index is 0.169. The monoisotopic (exact) mass is 192 g/mol. The Labute approximate surface area is 86.5 Å². The Morgan fingerprint density at radius 1 is 1.21 bits per heavy atom. The lowest BCUT2D eigenvalue weighted by molar-refractivity contribution is 0.414. The van der Waals surface area contributed by atoms with Gasteiger partial charge >= 0.3 is 0 Å². The standard InChI is InChI=1S/C12H20N2/c1-3-10(4-2)9-12(13)11-5-7-14-8-6-11/h5-8,10,12H,3-4,9,13H2,1-2H3/t12-/m0/s1. The van der Waals surface area contributed by atoms with Crippen molar-refractivity contribution in [2.75, 3.05) is 0 Å². The van der Waals surface area contributed by atoms with Crippen LogP contribution in [0.2, 0.25) is 0 Å². The van der Waals surface area contributed by atoms with Gasteiger partial charge in [-0.2, -0.15) is 0 Å². The van der Waals surface area contributed by atoms with Crippen LogP contribution in [0.15, 0.2) is 24.5 Å². The minimum absolute atomic E-state index is 0.169. The van der Waals surface area contributed by atoms with Gasteiger partial charge in [-0.05, 0) is 30.0 Å². The first-order chi connectivity index (χ1) is 6.77. The number of hydrogen-bond acceptors (Lipinski definition) is 2. The summed E-state index contributed by atoms with van der Waals surface area (Å²) in [4.78, 5) is 3.99. The van der Waals surface area contributed by atoms with E-state index in [-0.39, 0.29) is 6.04 Å². The molecule has 1 heterocycles. The first kappa shape index (κ1) is 11.2. The van der Waals surface area contributed by atoms with Gasteiger partial charge in [0.15, 0.2) is 0 Å². The van der Waals surface area contributed by atoms with Crippen LogP contribution >= 0.6 is 0 Å². The van der Waals surface area contributed by atoms with E-state index in [1.165, 1.54) is 18.4 Å². The van der Waals surface area contributed by atoms with Gasteiger partial charge in [-0.1, -0.05) is 26.7 Å². The summed E-state index contributed by atoms with van der Waals surface area (Å²) in [5.41, 5.74) is 7.32. The molecule has 1 atom stereocenters. The maximum absolute atomic E-state index is 6.12. The van der Waals surface area contributed by atoms with Gasteiger partial charge in [0.25, 0.3) is 0 Å². The molecule has 0 aliphatic heterocycles. The molecule has 0 radical (unpaired) electrons. The molecule has 0 aromatic carbocycles. The van der Waals surface area contributed by atoms with E-state index in [4.69, 9.17) is 5.73 Å². The molecule has 0 saturated carbocycles. The van der Waals surface area contributed by atoms with Gasteiger partial charge in [0.2, 0.25) is 0 Å². The maximum Gasteiger partial charge on any atom is 0.0298 e. The molecule has 2 N–H and O–H groups in total. The van der Waals surface area contributed by atoms with Gasteiger partial charge in [-0.25, -0.2) is 0 Å². The Balaban J connectivity index is 2.54. The summed E-state index contributed by atoms with van der Waals surface area (Å²) in [6.45, 7) is 4.46. The fraction of sp³-hybridized carbons (Fsp3) is 0.583. The predicted octanol–water partition coefficient (Wildman–Crippen LogP) is 2.91. The van der Waals surface area contributed by atoms with Crippen LogP contribution in [0.3, 0.4) is 0 Å². The highest BCUT2D eigenvalue weighted by Gasteiger charge is 2.11. The number of aromatic nitrogens is 1. The van der Waals surface area contributed by atoms with Crippen molar-refractivity contribution in [1.29, 1.82) is 0 Å². The van der Waals surface area contributed by atoms with E-state index < -0.39 is 0 Å². The highest BCUT2D eigenvalue weighted by atomic mass is 14.7. The highest BCUT2D eigenvalue weighted by Crippen LogP contribution is 2.22. The Morgan fingerprint density at radius 3 is 2.29 bits per heavy atom. The number of rotatable bonds is 5. The quantitative estimate of drug-likeness (QED) is 0.779. The van der Waals surface area contributed by atoms with Crippen LogP contribution in [0.5, 0.6) is 0 Å². The number of pyridine rings is 1. The topological polar surface area (TPSA) is 38.9 Å². The van der Waals surface area contributed by atoms with E-state index in [2.05, 4.69) is 18.8 Å². The summed E-state index contributed by atoms with van der Waals surface area (Å²) in [6, 6.07) is 4.18. The molecule has 0 saturated heterocycles. The SMILES string of the molecule is CCC(CC)C[C@H](N)c1ccncc1. The number of nitrogens with two attached hydrogens (primary N) is 1. The Kier molecular flexibility index (Phi) is 4.60.